The van der Waals surface area contributed by atoms with Gasteiger partial charge in [-0.2, -0.15) is 4.98 Å². The van der Waals surface area contributed by atoms with Gasteiger partial charge < -0.3 is 0 Å². The molecule has 3 aromatic heterocycles. The monoisotopic (exact) mass is 562 g/mol. The highest BCUT2D eigenvalue weighted by Crippen LogP contribution is 2.35. The van der Waals surface area contributed by atoms with Crippen molar-refractivity contribution >= 4 is 43.6 Å². The maximum atomic E-state index is 5.32. The van der Waals surface area contributed by atoms with E-state index in [1.54, 1.807) is 0 Å². The molecular formula is C40H26N4. The molecule has 0 aliphatic heterocycles. The SMILES string of the molecule is c1ccc(-c2ccc(-c3cc(-n4c5ccccc5c5ccccc54)nc(-n4c5ccccc5c5ccccc54)n3)cc2)cc1. The zero-order chi connectivity index (χ0) is 29.0. The number of aromatic nitrogens is 4. The van der Waals surface area contributed by atoms with Crippen LogP contribution in [-0.2, 0) is 0 Å². The quantitative estimate of drug-likeness (QED) is 0.214. The van der Waals surface area contributed by atoms with E-state index in [2.05, 4.69) is 161 Å². The summed E-state index contributed by atoms with van der Waals surface area (Å²) in [7, 11) is 0. The third-order valence-electron chi connectivity index (χ3n) is 8.58. The van der Waals surface area contributed by atoms with Crippen molar-refractivity contribution in [3.63, 3.8) is 0 Å². The van der Waals surface area contributed by atoms with Crippen LogP contribution in [0.3, 0.4) is 0 Å². The summed E-state index contributed by atoms with van der Waals surface area (Å²) in [5.74, 6) is 1.47. The second kappa shape index (κ2) is 9.79. The van der Waals surface area contributed by atoms with Crippen molar-refractivity contribution in [2.45, 2.75) is 0 Å². The van der Waals surface area contributed by atoms with E-state index in [-0.39, 0.29) is 0 Å². The molecule has 206 valence electrons. The van der Waals surface area contributed by atoms with Gasteiger partial charge in [-0.3, -0.25) is 9.13 Å². The predicted molar refractivity (Wildman–Crippen MR) is 182 cm³/mol. The molecule has 0 unspecified atom stereocenters. The maximum absolute atomic E-state index is 5.32. The summed E-state index contributed by atoms with van der Waals surface area (Å²) >= 11 is 0. The van der Waals surface area contributed by atoms with Gasteiger partial charge in [0.05, 0.1) is 27.8 Å². The Morgan fingerprint density at radius 3 is 1.27 bits per heavy atom. The van der Waals surface area contributed by atoms with Crippen LogP contribution in [0.15, 0.2) is 158 Å². The van der Waals surface area contributed by atoms with Crippen LogP contribution in [0.1, 0.15) is 0 Å². The third-order valence-corrected chi connectivity index (χ3v) is 8.58. The van der Waals surface area contributed by atoms with Gasteiger partial charge in [-0.05, 0) is 35.4 Å². The topological polar surface area (TPSA) is 35.6 Å². The minimum absolute atomic E-state index is 0.642. The molecule has 0 amide bonds. The fourth-order valence-electron chi connectivity index (χ4n) is 6.56. The van der Waals surface area contributed by atoms with E-state index in [0.29, 0.717) is 5.95 Å². The van der Waals surface area contributed by atoms with Crippen LogP contribution >= 0.6 is 0 Å². The molecule has 4 heteroatoms. The van der Waals surface area contributed by atoms with Gasteiger partial charge in [0.15, 0.2) is 0 Å². The van der Waals surface area contributed by atoms with Gasteiger partial charge in [-0.1, -0.05) is 127 Å². The molecule has 0 saturated carbocycles. The summed E-state index contributed by atoms with van der Waals surface area (Å²) in [4.78, 5) is 10.6. The number of hydrogen-bond donors (Lipinski definition) is 0. The van der Waals surface area contributed by atoms with Crippen molar-refractivity contribution < 1.29 is 0 Å². The molecule has 0 spiro atoms. The number of rotatable bonds is 4. The average Bonchev–Trinajstić information content (AvgIpc) is 3.62. The molecule has 0 bridgehead atoms. The molecule has 0 saturated heterocycles. The van der Waals surface area contributed by atoms with Crippen LogP contribution in [0.5, 0.6) is 0 Å². The normalized spacial score (nSPS) is 11.6. The Labute approximate surface area is 254 Å². The first-order valence-corrected chi connectivity index (χ1v) is 14.9. The number of hydrogen-bond acceptors (Lipinski definition) is 2. The van der Waals surface area contributed by atoms with E-state index in [1.807, 2.05) is 6.07 Å². The van der Waals surface area contributed by atoms with Crippen molar-refractivity contribution in [1.29, 1.82) is 0 Å². The van der Waals surface area contributed by atoms with Crippen LogP contribution in [0, 0.1) is 0 Å². The zero-order valence-corrected chi connectivity index (χ0v) is 23.8. The molecule has 44 heavy (non-hydrogen) atoms. The summed E-state index contributed by atoms with van der Waals surface area (Å²) in [6, 6.07) is 55.4. The molecule has 0 radical (unpaired) electrons. The maximum Gasteiger partial charge on any atom is 0.237 e. The number of benzene rings is 6. The van der Waals surface area contributed by atoms with Gasteiger partial charge in [0.2, 0.25) is 5.95 Å². The zero-order valence-electron chi connectivity index (χ0n) is 23.8. The Balaban J connectivity index is 1.34. The molecule has 0 atom stereocenters. The molecule has 0 aliphatic carbocycles. The lowest BCUT2D eigenvalue weighted by molar-refractivity contribution is 0.952. The highest BCUT2D eigenvalue weighted by Gasteiger charge is 2.19. The Kier molecular flexibility index (Phi) is 5.47. The second-order valence-electron chi connectivity index (χ2n) is 11.1. The number of nitrogens with zero attached hydrogens (tertiary/aromatic N) is 4. The van der Waals surface area contributed by atoms with E-state index >= 15 is 0 Å². The molecule has 0 N–H and O–H groups in total. The smallest absolute Gasteiger partial charge is 0.237 e. The van der Waals surface area contributed by atoms with Crippen molar-refractivity contribution in [3.8, 4) is 34.2 Å². The fourth-order valence-corrected chi connectivity index (χ4v) is 6.56. The Morgan fingerprint density at radius 2 is 0.750 bits per heavy atom. The molecule has 6 aromatic carbocycles. The van der Waals surface area contributed by atoms with Crippen LogP contribution < -0.4 is 0 Å². The summed E-state index contributed by atoms with van der Waals surface area (Å²) in [5.41, 5.74) is 8.67. The Hall–Kier alpha value is -6.00. The Morgan fingerprint density at radius 1 is 0.341 bits per heavy atom. The van der Waals surface area contributed by atoms with Crippen molar-refractivity contribution in [2.24, 2.45) is 0 Å². The van der Waals surface area contributed by atoms with Crippen LogP contribution in [0.4, 0.5) is 0 Å². The van der Waals surface area contributed by atoms with Gasteiger partial charge >= 0.3 is 0 Å². The number of fused-ring (bicyclic) bond motifs is 6. The molecule has 0 aliphatic rings. The van der Waals surface area contributed by atoms with E-state index in [4.69, 9.17) is 9.97 Å². The fraction of sp³-hybridized carbons (Fsp3) is 0. The van der Waals surface area contributed by atoms with Gasteiger partial charge in [0.25, 0.3) is 0 Å². The largest absolute Gasteiger partial charge is 0.294 e. The van der Waals surface area contributed by atoms with Crippen molar-refractivity contribution in [3.05, 3.63) is 158 Å². The lowest BCUT2D eigenvalue weighted by Crippen LogP contribution is -2.07. The van der Waals surface area contributed by atoms with E-state index < -0.39 is 0 Å². The molecule has 3 heterocycles. The van der Waals surface area contributed by atoms with E-state index in [0.717, 1.165) is 39.1 Å². The van der Waals surface area contributed by atoms with E-state index in [9.17, 15) is 0 Å². The van der Waals surface area contributed by atoms with Gasteiger partial charge in [-0.15, -0.1) is 0 Å². The van der Waals surface area contributed by atoms with Crippen molar-refractivity contribution in [2.75, 3.05) is 0 Å². The second-order valence-corrected chi connectivity index (χ2v) is 11.1. The lowest BCUT2D eigenvalue weighted by atomic mass is 10.0. The first-order chi connectivity index (χ1) is 21.8. The first-order valence-electron chi connectivity index (χ1n) is 14.9. The average molecular weight is 563 g/mol. The lowest BCUT2D eigenvalue weighted by Gasteiger charge is -2.14. The molecule has 9 aromatic rings. The van der Waals surface area contributed by atoms with E-state index in [1.165, 1.54) is 32.7 Å². The minimum atomic E-state index is 0.642. The highest BCUT2D eigenvalue weighted by atomic mass is 15.2. The first kappa shape index (κ1) is 24.6. The summed E-state index contributed by atoms with van der Waals surface area (Å²) < 4.78 is 4.47. The van der Waals surface area contributed by atoms with Crippen LogP contribution in [0.25, 0.3) is 77.8 Å². The number of para-hydroxylation sites is 4. The van der Waals surface area contributed by atoms with Gasteiger partial charge in [0.1, 0.15) is 5.82 Å². The van der Waals surface area contributed by atoms with Gasteiger partial charge in [0, 0.05) is 33.2 Å². The van der Waals surface area contributed by atoms with Crippen LogP contribution in [-0.4, -0.2) is 19.1 Å². The third kappa shape index (κ3) is 3.78. The van der Waals surface area contributed by atoms with Gasteiger partial charge in [-0.25, -0.2) is 4.98 Å². The van der Waals surface area contributed by atoms with Crippen molar-refractivity contribution in [1.82, 2.24) is 19.1 Å². The molecule has 0 fully saturated rings. The summed E-state index contributed by atoms with van der Waals surface area (Å²) in [6.07, 6.45) is 0. The summed E-state index contributed by atoms with van der Waals surface area (Å²) in [5, 5.41) is 4.77. The molecule has 4 nitrogen and oxygen atoms in total. The Bertz CT molecular complexity index is 2250. The van der Waals surface area contributed by atoms with Crippen LogP contribution in [0.2, 0.25) is 0 Å². The predicted octanol–water partition coefficient (Wildman–Crippen LogP) is 10.0. The standard InChI is InChI=1S/C40H26N4/c1-2-12-27(13-3-1)28-22-24-29(25-23-28)34-26-39(43-35-18-8-4-14-30(35)31-15-5-9-19-36(31)43)42-40(41-34)44-37-20-10-6-16-32(37)33-17-7-11-21-38(33)44/h1-26H. The molecule has 9 rings (SSSR count). The molecular weight excluding hydrogens is 536 g/mol. The highest BCUT2D eigenvalue weighted by molar-refractivity contribution is 6.10. The minimum Gasteiger partial charge on any atom is -0.294 e. The summed E-state index contributed by atoms with van der Waals surface area (Å²) in [6.45, 7) is 0.